The summed E-state index contributed by atoms with van der Waals surface area (Å²) in [5.74, 6) is 0.558. The van der Waals surface area contributed by atoms with E-state index in [9.17, 15) is 4.79 Å². The van der Waals surface area contributed by atoms with E-state index in [1.54, 1.807) is 6.07 Å². The highest BCUT2D eigenvalue weighted by molar-refractivity contribution is 5.94. The summed E-state index contributed by atoms with van der Waals surface area (Å²) in [7, 11) is 1.82. The van der Waals surface area contributed by atoms with Crippen molar-refractivity contribution in [1.29, 1.82) is 0 Å². The first-order valence-electron chi connectivity index (χ1n) is 6.86. The van der Waals surface area contributed by atoms with Gasteiger partial charge in [0.1, 0.15) is 12.0 Å². The molecular formula is C16H20N2O3. The number of aliphatic hydroxyl groups is 1. The molecule has 0 aliphatic rings. The molecule has 1 unspecified atom stereocenters. The molecule has 0 aliphatic carbocycles. The SMILES string of the molecule is CNCc1cc(C(=O)NC(C)c2ccc(CO)cc2)co1. The van der Waals surface area contributed by atoms with E-state index < -0.39 is 0 Å². The van der Waals surface area contributed by atoms with Gasteiger partial charge in [0.25, 0.3) is 5.91 Å². The molecule has 0 saturated heterocycles. The molecule has 2 rings (SSSR count). The number of benzene rings is 1. The van der Waals surface area contributed by atoms with Crippen molar-refractivity contribution >= 4 is 5.91 Å². The molecule has 0 bridgehead atoms. The van der Waals surface area contributed by atoms with Gasteiger partial charge in [-0.3, -0.25) is 4.79 Å². The standard InChI is InChI=1S/C16H20N2O3/c1-11(13-5-3-12(9-19)4-6-13)18-16(20)14-7-15(8-17-2)21-10-14/h3-7,10-11,17,19H,8-9H2,1-2H3,(H,18,20). The fourth-order valence-corrected chi connectivity index (χ4v) is 2.04. The topological polar surface area (TPSA) is 74.5 Å². The van der Waals surface area contributed by atoms with E-state index in [4.69, 9.17) is 9.52 Å². The van der Waals surface area contributed by atoms with Crippen LogP contribution in [0.5, 0.6) is 0 Å². The summed E-state index contributed by atoms with van der Waals surface area (Å²) in [5, 5.41) is 14.9. The minimum atomic E-state index is -0.167. The number of hydrogen-bond acceptors (Lipinski definition) is 4. The van der Waals surface area contributed by atoms with Crippen LogP contribution in [0.25, 0.3) is 0 Å². The van der Waals surface area contributed by atoms with Crippen molar-refractivity contribution < 1.29 is 14.3 Å². The highest BCUT2D eigenvalue weighted by Gasteiger charge is 2.14. The second-order valence-electron chi connectivity index (χ2n) is 4.93. The largest absolute Gasteiger partial charge is 0.467 e. The van der Waals surface area contributed by atoms with Crippen LogP contribution in [-0.2, 0) is 13.2 Å². The van der Waals surface area contributed by atoms with Crippen molar-refractivity contribution in [3.63, 3.8) is 0 Å². The van der Waals surface area contributed by atoms with Crippen LogP contribution in [0.3, 0.4) is 0 Å². The van der Waals surface area contributed by atoms with Gasteiger partial charge in [-0.1, -0.05) is 24.3 Å². The molecule has 0 fully saturated rings. The second kappa shape index (κ2) is 7.06. The van der Waals surface area contributed by atoms with Crippen LogP contribution < -0.4 is 10.6 Å². The van der Waals surface area contributed by atoms with Crippen molar-refractivity contribution in [2.45, 2.75) is 26.1 Å². The zero-order chi connectivity index (χ0) is 15.2. The number of nitrogens with one attached hydrogen (secondary N) is 2. The zero-order valence-corrected chi connectivity index (χ0v) is 12.2. The number of carbonyl (C=O) groups excluding carboxylic acids is 1. The minimum absolute atomic E-state index is 0.0181. The Morgan fingerprint density at radius 3 is 2.67 bits per heavy atom. The van der Waals surface area contributed by atoms with E-state index in [1.165, 1.54) is 6.26 Å². The Labute approximate surface area is 124 Å². The summed E-state index contributed by atoms with van der Waals surface area (Å²) < 4.78 is 5.29. The maximum Gasteiger partial charge on any atom is 0.255 e. The van der Waals surface area contributed by atoms with E-state index in [0.717, 1.165) is 16.9 Å². The summed E-state index contributed by atoms with van der Waals surface area (Å²) in [6.45, 7) is 2.52. The molecule has 0 aliphatic heterocycles. The van der Waals surface area contributed by atoms with E-state index in [1.807, 2.05) is 38.2 Å². The van der Waals surface area contributed by atoms with E-state index in [0.29, 0.717) is 12.1 Å². The van der Waals surface area contributed by atoms with Gasteiger partial charge < -0.3 is 20.2 Å². The van der Waals surface area contributed by atoms with Gasteiger partial charge >= 0.3 is 0 Å². The quantitative estimate of drug-likeness (QED) is 0.760. The molecule has 112 valence electrons. The summed E-state index contributed by atoms with van der Waals surface area (Å²) in [6.07, 6.45) is 1.46. The molecular weight excluding hydrogens is 268 g/mol. The Morgan fingerprint density at radius 1 is 1.33 bits per heavy atom. The summed E-state index contributed by atoms with van der Waals surface area (Å²) in [5.41, 5.74) is 2.35. The van der Waals surface area contributed by atoms with Crippen molar-refractivity contribution in [1.82, 2.24) is 10.6 Å². The van der Waals surface area contributed by atoms with Gasteiger partial charge in [0.15, 0.2) is 0 Å². The Balaban J connectivity index is 1.99. The molecule has 1 atom stereocenters. The minimum Gasteiger partial charge on any atom is -0.467 e. The van der Waals surface area contributed by atoms with Gasteiger partial charge in [0.2, 0.25) is 0 Å². The number of furan rings is 1. The molecule has 0 spiro atoms. The van der Waals surface area contributed by atoms with Crippen molar-refractivity contribution in [2.24, 2.45) is 0 Å². The van der Waals surface area contributed by atoms with Crippen LogP contribution >= 0.6 is 0 Å². The average molecular weight is 288 g/mol. The van der Waals surface area contributed by atoms with Gasteiger partial charge in [-0.2, -0.15) is 0 Å². The van der Waals surface area contributed by atoms with Gasteiger partial charge in [-0.05, 0) is 31.2 Å². The Bertz CT molecular complexity index is 590. The summed E-state index contributed by atoms with van der Waals surface area (Å²) in [4.78, 5) is 12.1. The molecule has 3 N–H and O–H groups in total. The molecule has 1 aromatic heterocycles. The lowest BCUT2D eigenvalue weighted by molar-refractivity contribution is 0.0939. The molecule has 1 heterocycles. The highest BCUT2D eigenvalue weighted by Crippen LogP contribution is 2.15. The fourth-order valence-electron chi connectivity index (χ4n) is 2.04. The average Bonchev–Trinajstić information content (AvgIpc) is 2.96. The van der Waals surface area contributed by atoms with Crippen LogP contribution in [0.4, 0.5) is 0 Å². The van der Waals surface area contributed by atoms with Gasteiger partial charge in [-0.15, -0.1) is 0 Å². The highest BCUT2D eigenvalue weighted by atomic mass is 16.3. The lowest BCUT2D eigenvalue weighted by Crippen LogP contribution is -2.26. The lowest BCUT2D eigenvalue weighted by Gasteiger charge is -2.14. The van der Waals surface area contributed by atoms with Crippen molar-refractivity contribution in [2.75, 3.05) is 7.05 Å². The Morgan fingerprint density at radius 2 is 2.05 bits per heavy atom. The predicted octanol–water partition coefficient (Wildman–Crippen LogP) is 1.98. The monoisotopic (exact) mass is 288 g/mol. The first-order chi connectivity index (χ1) is 10.1. The molecule has 0 saturated carbocycles. The van der Waals surface area contributed by atoms with Gasteiger partial charge in [-0.25, -0.2) is 0 Å². The maximum absolute atomic E-state index is 12.1. The summed E-state index contributed by atoms with van der Waals surface area (Å²) >= 11 is 0. The molecule has 2 aromatic rings. The van der Waals surface area contributed by atoms with Crippen LogP contribution in [0, 0.1) is 0 Å². The molecule has 1 amide bonds. The number of aliphatic hydroxyl groups excluding tert-OH is 1. The number of amides is 1. The van der Waals surface area contributed by atoms with Crippen molar-refractivity contribution in [3.8, 4) is 0 Å². The third-order valence-electron chi connectivity index (χ3n) is 3.28. The van der Waals surface area contributed by atoms with E-state index in [-0.39, 0.29) is 18.6 Å². The molecule has 5 nitrogen and oxygen atoms in total. The third-order valence-corrected chi connectivity index (χ3v) is 3.28. The predicted molar refractivity (Wildman–Crippen MR) is 79.7 cm³/mol. The number of hydrogen-bond donors (Lipinski definition) is 3. The first-order valence-corrected chi connectivity index (χ1v) is 6.86. The lowest BCUT2D eigenvalue weighted by atomic mass is 10.1. The number of carbonyl (C=O) groups is 1. The van der Waals surface area contributed by atoms with Crippen LogP contribution in [0.1, 0.15) is 40.2 Å². The first kappa shape index (κ1) is 15.3. The van der Waals surface area contributed by atoms with Crippen LogP contribution in [-0.4, -0.2) is 18.1 Å². The van der Waals surface area contributed by atoms with Crippen molar-refractivity contribution in [3.05, 3.63) is 59.0 Å². The number of rotatable bonds is 6. The smallest absolute Gasteiger partial charge is 0.255 e. The zero-order valence-electron chi connectivity index (χ0n) is 12.2. The normalized spacial score (nSPS) is 12.1. The van der Waals surface area contributed by atoms with Gasteiger partial charge in [0, 0.05) is 0 Å². The summed E-state index contributed by atoms with van der Waals surface area (Å²) in [6, 6.07) is 9.11. The Kier molecular flexibility index (Phi) is 5.14. The Hall–Kier alpha value is -2.11. The van der Waals surface area contributed by atoms with Crippen LogP contribution in [0.15, 0.2) is 41.0 Å². The van der Waals surface area contributed by atoms with Gasteiger partial charge in [0.05, 0.1) is 24.8 Å². The molecule has 0 radical (unpaired) electrons. The third kappa shape index (κ3) is 3.93. The maximum atomic E-state index is 12.1. The molecule has 5 heteroatoms. The van der Waals surface area contributed by atoms with E-state index in [2.05, 4.69) is 10.6 Å². The van der Waals surface area contributed by atoms with E-state index >= 15 is 0 Å². The molecule has 21 heavy (non-hydrogen) atoms. The van der Waals surface area contributed by atoms with Crippen LogP contribution in [0.2, 0.25) is 0 Å². The fraction of sp³-hybridized carbons (Fsp3) is 0.312. The molecule has 1 aromatic carbocycles. The second-order valence-corrected chi connectivity index (χ2v) is 4.93.